The summed E-state index contributed by atoms with van der Waals surface area (Å²) in [5, 5.41) is 8.74. The first kappa shape index (κ1) is 14.5. The minimum atomic E-state index is -4.39. The Morgan fingerprint density at radius 1 is 1.18 bits per heavy atom. The predicted octanol–water partition coefficient (Wildman–Crippen LogP) is 3.99. The SMILES string of the molecule is O=C(O)[C@H](Br)[C@H](Br)c1ccc(C(F)(F)F)cc1. The fraction of sp³-hybridized carbons (Fsp3) is 0.300. The molecule has 0 amide bonds. The Morgan fingerprint density at radius 3 is 2.00 bits per heavy atom. The van der Waals surface area contributed by atoms with Gasteiger partial charge in [0.25, 0.3) is 0 Å². The molecule has 0 aliphatic carbocycles. The first-order chi connectivity index (χ1) is 7.73. The van der Waals surface area contributed by atoms with Gasteiger partial charge in [0, 0.05) is 0 Å². The third kappa shape index (κ3) is 3.70. The Bertz CT molecular complexity index is 403. The van der Waals surface area contributed by atoms with Crippen molar-refractivity contribution in [1.82, 2.24) is 0 Å². The van der Waals surface area contributed by atoms with Crippen LogP contribution in [0.5, 0.6) is 0 Å². The smallest absolute Gasteiger partial charge is 0.416 e. The molecule has 0 fully saturated rings. The summed E-state index contributed by atoms with van der Waals surface area (Å²) >= 11 is 6.05. The summed E-state index contributed by atoms with van der Waals surface area (Å²) < 4.78 is 36.9. The van der Waals surface area contributed by atoms with E-state index in [0.29, 0.717) is 5.56 Å². The third-order valence-corrected chi connectivity index (χ3v) is 4.74. The summed E-state index contributed by atoms with van der Waals surface area (Å²) in [7, 11) is 0. The molecular formula is C10H7Br2F3O2. The Hall–Kier alpha value is -0.560. The predicted molar refractivity (Wildman–Crippen MR) is 63.5 cm³/mol. The summed E-state index contributed by atoms with van der Waals surface area (Å²) in [4.78, 5) is 9.18. The van der Waals surface area contributed by atoms with E-state index >= 15 is 0 Å². The largest absolute Gasteiger partial charge is 0.480 e. The zero-order valence-corrected chi connectivity index (χ0v) is 11.4. The van der Waals surface area contributed by atoms with E-state index < -0.39 is 27.4 Å². The van der Waals surface area contributed by atoms with Crippen LogP contribution < -0.4 is 0 Å². The van der Waals surface area contributed by atoms with Crippen LogP contribution in [0.3, 0.4) is 0 Å². The van der Waals surface area contributed by atoms with Crippen LogP contribution in [0.2, 0.25) is 0 Å². The van der Waals surface area contributed by atoms with Crippen molar-refractivity contribution < 1.29 is 23.1 Å². The molecule has 0 aliphatic rings. The Balaban J connectivity index is 2.92. The van der Waals surface area contributed by atoms with E-state index in [9.17, 15) is 18.0 Å². The molecule has 0 bridgehead atoms. The molecule has 0 aliphatic heterocycles. The number of halogens is 5. The number of aliphatic carboxylic acids is 1. The summed E-state index contributed by atoms with van der Waals surface area (Å²) in [6.07, 6.45) is -4.39. The van der Waals surface area contributed by atoms with Gasteiger partial charge in [-0.15, -0.1) is 0 Å². The molecule has 0 saturated heterocycles. The summed E-state index contributed by atoms with van der Waals surface area (Å²) in [5.74, 6) is -1.09. The molecule has 0 unspecified atom stereocenters. The van der Waals surface area contributed by atoms with Crippen LogP contribution in [0.4, 0.5) is 13.2 Å². The molecule has 0 spiro atoms. The average Bonchev–Trinajstić information content (AvgIpc) is 2.26. The van der Waals surface area contributed by atoms with Crippen LogP contribution >= 0.6 is 31.9 Å². The zero-order valence-electron chi connectivity index (χ0n) is 8.21. The molecular weight excluding hydrogens is 369 g/mol. The molecule has 1 aromatic carbocycles. The van der Waals surface area contributed by atoms with E-state index in [1.165, 1.54) is 12.1 Å². The second-order valence-electron chi connectivity index (χ2n) is 3.26. The van der Waals surface area contributed by atoms with Crippen LogP contribution in [0.15, 0.2) is 24.3 Å². The number of carboxylic acids is 1. The van der Waals surface area contributed by atoms with Gasteiger partial charge in [0.15, 0.2) is 0 Å². The lowest BCUT2D eigenvalue weighted by molar-refractivity contribution is -0.138. The normalized spacial score (nSPS) is 15.4. The number of carbonyl (C=O) groups is 1. The molecule has 0 aromatic heterocycles. The van der Waals surface area contributed by atoms with Gasteiger partial charge in [-0.25, -0.2) is 0 Å². The van der Waals surface area contributed by atoms with E-state index in [0.717, 1.165) is 12.1 Å². The fourth-order valence-electron chi connectivity index (χ4n) is 1.15. The number of hydrogen-bond donors (Lipinski definition) is 1. The van der Waals surface area contributed by atoms with E-state index in [4.69, 9.17) is 5.11 Å². The maximum Gasteiger partial charge on any atom is 0.416 e. The van der Waals surface area contributed by atoms with Gasteiger partial charge in [0.1, 0.15) is 4.83 Å². The quantitative estimate of drug-likeness (QED) is 0.811. The Labute approximate surface area is 112 Å². The molecule has 0 saturated carbocycles. The van der Waals surface area contributed by atoms with Crippen LogP contribution in [0.1, 0.15) is 16.0 Å². The van der Waals surface area contributed by atoms with Crippen LogP contribution in [0.25, 0.3) is 0 Å². The number of hydrogen-bond acceptors (Lipinski definition) is 1. The van der Waals surface area contributed by atoms with Gasteiger partial charge in [-0.2, -0.15) is 13.2 Å². The summed E-state index contributed by atoms with van der Waals surface area (Å²) in [6.45, 7) is 0. The van der Waals surface area contributed by atoms with Crippen molar-refractivity contribution in [1.29, 1.82) is 0 Å². The van der Waals surface area contributed by atoms with Gasteiger partial charge >= 0.3 is 12.1 Å². The van der Waals surface area contributed by atoms with Crippen LogP contribution in [-0.2, 0) is 11.0 Å². The van der Waals surface area contributed by atoms with Crippen molar-refractivity contribution in [2.45, 2.75) is 15.8 Å². The Morgan fingerprint density at radius 2 is 1.65 bits per heavy atom. The number of carboxylic acid groups (broad SMARTS) is 1. The summed E-state index contributed by atoms with van der Waals surface area (Å²) in [5.41, 5.74) is -0.301. The van der Waals surface area contributed by atoms with E-state index in [1.807, 2.05) is 0 Å². The molecule has 94 valence electrons. The number of alkyl halides is 5. The van der Waals surface area contributed by atoms with Crippen LogP contribution in [0, 0.1) is 0 Å². The molecule has 1 aromatic rings. The molecule has 7 heteroatoms. The van der Waals surface area contributed by atoms with Gasteiger partial charge < -0.3 is 5.11 Å². The molecule has 2 nitrogen and oxygen atoms in total. The highest BCUT2D eigenvalue weighted by molar-refractivity contribution is 9.12. The molecule has 1 rings (SSSR count). The molecule has 1 N–H and O–H groups in total. The lowest BCUT2D eigenvalue weighted by atomic mass is 10.1. The zero-order chi connectivity index (χ0) is 13.2. The van der Waals surface area contributed by atoms with Crippen molar-refractivity contribution in [2.24, 2.45) is 0 Å². The second kappa shape index (κ2) is 5.39. The van der Waals surface area contributed by atoms with Gasteiger partial charge in [-0.1, -0.05) is 44.0 Å². The summed E-state index contributed by atoms with van der Waals surface area (Å²) in [6, 6.07) is 4.34. The van der Waals surface area contributed by atoms with Gasteiger partial charge in [-0.05, 0) is 17.7 Å². The topological polar surface area (TPSA) is 37.3 Å². The molecule has 17 heavy (non-hydrogen) atoms. The maximum absolute atomic E-state index is 12.3. The van der Waals surface area contributed by atoms with Crippen molar-refractivity contribution >= 4 is 37.8 Å². The molecule has 2 atom stereocenters. The molecule has 0 radical (unpaired) electrons. The first-order valence-electron chi connectivity index (χ1n) is 4.41. The average molecular weight is 376 g/mol. The fourth-order valence-corrected chi connectivity index (χ4v) is 1.99. The molecule has 0 heterocycles. The van der Waals surface area contributed by atoms with Crippen molar-refractivity contribution in [3.8, 4) is 0 Å². The maximum atomic E-state index is 12.3. The van der Waals surface area contributed by atoms with Crippen LogP contribution in [-0.4, -0.2) is 15.9 Å². The van der Waals surface area contributed by atoms with Crippen molar-refractivity contribution in [3.05, 3.63) is 35.4 Å². The lowest BCUT2D eigenvalue weighted by Crippen LogP contribution is -2.18. The minimum Gasteiger partial charge on any atom is -0.480 e. The monoisotopic (exact) mass is 374 g/mol. The first-order valence-corrected chi connectivity index (χ1v) is 6.24. The third-order valence-electron chi connectivity index (χ3n) is 2.05. The van der Waals surface area contributed by atoms with Crippen molar-refractivity contribution in [3.63, 3.8) is 0 Å². The highest BCUT2D eigenvalue weighted by Crippen LogP contribution is 2.34. The highest BCUT2D eigenvalue weighted by atomic mass is 79.9. The van der Waals surface area contributed by atoms with E-state index in [2.05, 4.69) is 31.9 Å². The lowest BCUT2D eigenvalue weighted by Gasteiger charge is -2.14. The van der Waals surface area contributed by atoms with Crippen molar-refractivity contribution in [2.75, 3.05) is 0 Å². The standard InChI is InChI=1S/C10H7Br2F3O2/c11-7(8(12)9(16)17)5-1-3-6(4-2-5)10(13,14)15/h1-4,7-8H,(H,16,17)/t7-,8-/m1/s1. The highest BCUT2D eigenvalue weighted by Gasteiger charge is 2.31. The Kier molecular flexibility index (Phi) is 4.60. The number of benzene rings is 1. The second-order valence-corrected chi connectivity index (χ2v) is 5.23. The minimum absolute atomic E-state index is 0.460. The van der Waals surface area contributed by atoms with E-state index in [-0.39, 0.29) is 0 Å². The van der Waals surface area contributed by atoms with E-state index in [1.54, 1.807) is 0 Å². The van der Waals surface area contributed by atoms with Gasteiger partial charge in [0.05, 0.1) is 10.4 Å². The van der Waals surface area contributed by atoms with Gasteiger partial charge in [0.2, 0.25) is 0 Å². The van der Waals surface area contributed by atoms with Gasteiger partial charge in [-0.3, -0.25) is 4.79 Å². The number of rotatable bonds is 3.